The van der Waals surface area contributed by atoms with Crippen LogP contribution in [0.15, 0.2) is 48.2 Å². The summed E-state index contributed by atoms with van der Waals surface area (Å²) in [6.07, 6.45) is 1.73. The van der Waals surface area contributed by atoms with Crippen molar-refractivity contribution in [1.29, 1.82) is 0 Å². The molecule has 0 bridgehead atoms. The van der Waals surface area contributed by atoms with Crippen molar-refractivity contribution >= 4 is 34.7 Å². The Morgan fingerprint density at radius 1 is 1.16 bits per heavy atom. The van der Waals surface area contributed by atoms with Gasteiger partial charge in [0.1, 0.15) is 11.4 Å². The molecule has 1 atom stereocenters. The van der Waals surface area contributed by atoms with Gasteiger partial charge in [-0.25, -0.2) is 4.90 Å². The molecule has 2 aromatic carbocycles. The summed E-state index contributed by atoms with van der Waals surface area (Å²) in [6, 6.07) is 12.4. The number of rotatable bonds is 5. The van der Waals surface area contributed by atoms with Crippen LogP contribution in [0.25, 0.3) is 5.57 Å². The number of hydrogen-bond donors (Lipinski definition) is 1. The van der Waals surface area contributed by atoms with E-state index in [1.165, 1.54) is 4.90 Å². The van der Waals surface area contributed by atoms with Gasteiger partial charge in [0, 0.05) is 30.3 Å². The summed E-state index contributed by atoms with van der Waals surface area (Å²) in [7, 11) is 1.54. The Morgan fingerprint density at radius 3 is 2.65 bits per heavy atom. The van der Waals surface area contributed by atoms with Crippen LogP contribution in [0.1, 0.15) is 24.0 Å². The summed E-state index contributed by atoms with van der Waals surface area (Å²) < 4.78 is 5.50. The van der Waals surface area contributed by atoms with E-state index in [1.807, 2.05) is 24.0 Å². The van der Waals surface area contributed by atoms with E-state index in [0.717, 1.165) is 18.4 Å². The predicted octanol–water partition coefficient (Wildman–Crippen LogP) is 3.65. The Labute approximate surface area is 186 Å². The minimum absolute atomic E-state index is 0.0488. The Balaban J connectivity index is 1.86. The van der Waals surface area contributed by atoms with Crippen molar-refractivity contribution in [2.45, 2.75) is 19.8 Å². The molecule has 2 aliphatic rings. The largest absolute Gasteiger partial charge is 0.496 e. The molecule has 1 N–H and O–H groups in total. The molecular formula is C24H25ClN2O4. The van der Waals surface area contributed by atoms with Gasteiger partial charge in [0.25, 0.3) is 11.8 Å². The molecule has 2 amide bonds. The molecule has 7 heteroatoms. The van der Waals surface area contributed by atoms with Gasteiger partial charge in [-0.2, -0.15) is 0 Å². The predicted molar refractivity (Wildman–Crippen MR) is 120 cm³/mol. The zero-order chi connectivity index (χ0) is 22.1. The molecule has 0 spiro atoms. The van der Waals surface area contributed by atoms with E-state index in [2.05, 4.69) is 0 Å². The second-order valence-corrected chi connectivity index (χ2v) is 8.35. The van der Waals surface area contributed by atoms with Crippen LogP contribution >= 0.6 is 11.6 Å². The first-order valence-corrected chi connectivity index (χ1v) is 10.7. The first kappa shape index (κ1) is 21.4. The van der Waals surface area contributed by atoms with Crippen LogP contribution in [0.2, 0.25) is 5.02 Å². The van der Waals surface area contributed by atoms with Gasteiger partial charge in [-0.15, -0.1) is 0 Å². The molecule has 0 saturated carbocycles. The average molecular weight is 441 g/mol. The number of likely N-dealkylation sites (tertiary alicyclic amines) is 1. The Bertz CT molecular complexity index is 1070. The molecule has 2 aromatic rings. The highest BCUT2D eigenvalue weighted by Gasteiger charge is 2.44. The third-order valence-electron chi connectivity index (χ3n) is 5.94. The maximum absolute atomic E-state index is 13.7. The van der Waals surface area contributed by atoms with Crippen LogP contribution in [0, 0.1) is 12.8 Å². The van der Waals surface area contributed by atoms with Gasteiger partial charge in [-0.3, -0.25) is 9.59 Å². The molecule has 2 heterocycles. The van der Waals surface area contributed by atoms with Crippen LogP contribution < -0.4 is 9.64 Å². The van der Waals surface area contributed by atoms with Gasteiger partial charge in [-0.1, -0.05) is 35.9 Å². The third-order valence-corrected chi connectivity index (χ3v) is 6.35. The molecule has 1 unspecified atom stereocenters. The SMILES string of the molecule is COc1ccccc1C1=C(N2CCCC(CO)C2)C(=O)N(c2ccc(C)c(Cl)c2)C1=O. The molecule has 0 radical (unpaired) electrons. The molecule has 1 fully saturated rings. The first-order chi connectivity index (χ1) is 15.0. The number of nitrogens with zero attached hydrogens (tertiary/aromatic N) is 2. The number of carbonyl (C=O) groups is 2. The average Bonchev–Trinajstić information content (AvgIpc) is 3.05. The van der Waals surface area contributed by atoms with Crippen LogP contribution in [0.3, 0.4) is 0 Å². The molecule has 6 nitrogen and oxygen atoms in total. The summed E-state index contributed by atoms with van der Waals surface area (Å²) in [4.78, 5) is 30.4. The number of anilines is 1. The van der Waals surface area contributed by atoms with Crippen molar-refractivity contribution < 1.29 is 19.4 Å². The van der Waals surface area contributed by atoms with Crippen molar-refractivity contribution in [3.05, 3.63) is 64.3 Å². The number of benzene rings is 2. The normalized spacial score (nSPS) is 19.4. The van der Waals surface area contributed by atoms with Crippen molar-refractivity contribution in [2.75, 3.05) is 31.7 Å². The lowest BCUT2D eigenvalue weighted by Crippen LogP contribution is -2.40. The Morgan fingerprint density at radius 2 is 1.94 bits per heavy atom. The van der Waals surface area contributed by atoms with Gasteiger partial charge in [0.15, 0.2) is 0 Å². The number of hydrogen-bond acceptors (Lipinski definition) is 5. The number of ether oxygens (including phenoxy) is 1. The monoisotopic (exact) mass is 440 g/mol. The summed E-state index contributed by atoms with van der Waals surface area (Å²) in [5.41, 5.74) is 2.54. The lowest BCUT2D eigenvalue weighted by Gasteiger charge is -2.34. The van der Waals surface area contributed by atoms with Crippen LogP contribution in [-0.2, 0) is 9.59 Å². The maximum Gasteiger partial charge on any atom is 0.282 e. The van der Waals surface area contributed by atoms with E-state index in [0.29, 0.717) is 46.4 Å². The second kappa shape index (κ2) is 8.73. The lowest BCUT2D eigenvalue weighted by molar-refractivity contribution is -0.120. The van der Waals surface area contributed by atoms with Gasteiger partial charge >= 0.3 is 0 Å². The molecule has 0 aliphatic carbocycles. The molecule has 1 saturated heterocycles. The number of imide groups is 1. The van der Waals surface area contributed by atoms with Crippen LogP contribution in [0.5, 0.6) is 5.75 Å². The number of carbonyl (C=O) groups excluding carboxylic acids is 2. The summed E-state index contributed by atoms with van der Waals surface area (Å²) in [5.74, 6) is -0.207. The number of piperidine rings is 1. The number of amides is 2. The summed E-state index contributed by atoms with van der Waals surface area (Å²) >= 11 is 6.29. The standard InChI is InChI=1S/C24H25ClN2O4/c1-15-9-10-17(12-19(15)25)27-23(29)21(18-7-3-4-8-20(18)31-2)22(24(27)30)26-11-5-6-16(13-26)14-28/h3-4,7-10,12,16,28H,5-6,11,13-14H2,1-2H3. The van der Waals surface area contributed by atoms with Crippen molar-refractivity contribution in [3.63, 3.8) is 0 Å². The topological polar surface area (TPSA) is 70.1 Å². The van der Waals surface area contributed by atoms with E-state index < -0.39 is 5.91 Å². The molecule has 31 heavy (non-hydrogen) atoms. The lowest BCUT2D eigenvalue weighted by atomic mass is 9.96. The Kier molecular flexibility index (Phi) is 6.03. The zero-order valence-electron chi connectivity index (χ0n) is 17.6. The zero-order valence-corrected chi connectivity index (χ0v) is 18.4. The van der Waals surface area contributed by atoms with Crippen LogP contribution in [0.4, 0.5) is 5.69 Å². The smallest absolute Gasteiger partial charge is 0.282 e. The van der Waals surface area contributed by atoms with E-state index >= 15 is 0 Å². The fraction of sp³-hybridized carbons (Fsp3) is 0.333. The van der Waals surface area contributed by atoms with Crippen molar-refractivity contribution in [1.82, 2.24) is 4.90 Å². The highest BCUT2D eigenvalue weighted by Crippen LogP contribution is 2.40. The first-order valence-electron chi connectivity index (χ1n) is 10.3. The number of halogens is 1. The second-order valence-electron chi connectivity index (χ2n) is 7.94. The highest BCUT2D eigenvalue weighted by molar-refractivity contribution is 6.46. The summed E-state index contributed by atoms with van der Waals surface area (Å²) in [5, 5.41) is 10.2. The van der Waals surface area contributed by atoms with E-state index in [1.54, 1.807) is 37.4 Å². The maximum atomic E-state index is 13.7. The highest BCUT2D eigenvalue weighted by atomic mass is 35.5. The third kappa shape index (κ3) is 3.82. The molecule has 4 rings (SSSR count). The fourth-order valence-electron chi connectivity index (χ4n) is 4.28. The van der Waals surface area contributed by atoms with Gasteiger partial charge in [0.05, 0.1) is 18.4 Å². The molecule has 0 aromatic heterocycles. The van der Waals surface area contributed by atoms with Gasteiger partial charge < -0.3 is 14.7 Å². The number of para-hydroxylation sites is 1. The molecular weight excluding hydrogens is 416 g/mol. The fourth-order valence-corrected chi connectivity index (χ4v) is 4.45. The number of methoxy groups -OCH3 is 1. The minimum atomic E-state index is -0.407. The number of aliphatic hydroxyl groups is 1. The van der Waals surface area contributed by atoms with Gasteiger partial charge in [-0.05, 0) is 49.4 Å². The quantitative estimate of drug-likeness (QED) is 0.719. The number of aryl methyl sites for hydroxylation is 1. The van der Waals surface area contributed by atoms with Crippen LogP contribution in [-0.4, -0.2) is 48.6 Å². The van der Waals surface area contributed by atoms with E-state index in [9.17, 15) is 14.7 Å². The number of aliphatic hydroxyl groups excluding tert-OH is 1. The Hall–Kier alpha value is -2.83. The molecule has 2 aliphatic heterocycles. The van der Waals surface area contributed by atoms with Gasteiger partial charge in [0.2, 0.25) is 0 Å². The molecule has 162 valence electrons. The van der Waals surface area contributed by atoms with Crippen molar-refractivity contribution in [2.24, 2.45) is 5.92 Å². The van der Waals surface area contributed by atoms with E-state index in [-0.39, 0.29) is 18.4 Å². The minimum Gasteiger partial charge on any atom is -0.496 e. The van der Waals surface area contributed by atoms with E-state index in [4.69, 9.17) is 16.3 Å². The summed E-state index contributed by atoms with van der Waals surface area (Å²) in [6.45, 7) is 3.08. The van der Waals surface area contributed by atoms with Crippen molar-refractivity contribution in [3.8, 4) is 5.75 Å².